The molecule has 0 radical (unpaired) electrons. The molecule has 196 valence electrons. The Kier molecular flexibility index (Phi) is 6.13. The van der Waals surface area contributed by atoms with Crippen molar-refractivity contribution in [1.29, 1.82) is 0 Å². The fourth-order valence-corrected chi connectivity index (χ4v) is 6.37. The highest BCUT2D eigenvalue weighted by Crippen LogP contribution is 2.56. The predicted octanol–water partition coefficient (Wildman–Crippen LogP) is 5.17. The summed E-state index contributed by atoms with van der Waals surface area (Å²) in [5, 5.41) is 19.7. The van der Waals surface area contributed by atoms with Gasteiger partial charge in [0.25, 0.3) is 5.91 Å². The van der Waals surface area contributed by atoms with Gasteiger partial charge in [0.2, 0.25) is 5.91 Å². The van der Waals surface area contributed by atoms with Crippen molar-refractivity contribution < 1.29 is 19.1 Å². The van der Waals surface area contributed by atoms with Crippen LogP contribution in [0, 0.1) is 11.2 Å². The second-order valence-corrected chi connectivity index (χ2v) is 12.7. The molecule has 1 aliphatic carbocycles. The molecule has 1 spiro atoms. The number of nitrogens with one attached hydrogen (secondary N) is 3. The van der Waals surface area contributed by atoms with Crippen molar-refractivity contribution in [3.8, 4) is 0 Å². The lowest BCUT2D eigenvalue weighted by molar-refractivity contribution is -0.122. The molecule has 0 aromatic heterocycles. The van der Waals surface area contributed by atoms with Crippen LogP contribution in [0.4, 0.5) is 10.1 Å². The van der Waals surface area contributed by atoms with Crippen LogP contribution in [0.15, 0.2) is 42.1 Å². The normalized spacial score (nSPS) is 28.6. The average molecular weight is 546 g/mol. The van der Waals surface area contributed by atoms with E-state index in [1.807, 2.05) is 20.8 Å². The fourth-order valence-electron chi connectivity index (χ4n) is 6.03. The number of aliphatic hydroxyl groups is 1. The Morgan fingerprint density at radius 1 is 1.22 bits per heavy atom. The van der Waals surface area contributed by atoms with Crippen LogP contribution in [0.5, 0.6) is 0 Å². The summed E-state index contributed by atoms with van der Waals surface area (Å²) in [4.78, 5) is 27.8. The van der Waals surface area contributed by atoms with Crippen LogP contribution in [-0.2, 0) is 15.0 Å². The molecule has 2 aromatic carbocycles. The van der Waals surface area contributed by atoms with Gasteiger partial charge in [0, 0.05) is 33.9 Å². The predicted molar refractivity (Wildman–Crippen MR) is 143 cm³/mol. The van der Waals surface area contributed by atoms with Crippen LogP contribution in [0.25, 0.3) is 5.57 Å². The molecule has 9 heteroatoms. The molecule has 1 fully saturated rings. The zero-order valence-corrected chi connectivity index (χ0v) is 22.6. The topological polar surface area (TPSA) is 90.5 Å². The smallest absolute Gasteiger partial charge is 0.267 e. The van der Waals surface area contributed by atoms with Crippen molar-refractivity contribution in [2.45, 2.75) is 70.1 Å². The van der Waals surface area contributed by atoms with Crippen molar-refractivity contribution in [3.63, 3.8) is 0 Å². The van der Waals surface area contributed by atoms with E-state index in [4.69, 9.17) is 23.2 Å². The van der Waals surface area contributed by atoms with Gasteiger partial charge in [-0.2, -0.15) is 0 Å². The van der Waals surface area contributed by atoms with E-state index >= 15 is 4.39 Å². The lowest BCUT2D eigenvalue weighted by atomic mass is 9.66. The van der Waals surface area contributed by atoms with Gasteiger partial charge >= 0.3 is 0 Å². The highest BCUT2D eigenvalue weighted by atomic mass is 35.5. The summed E-state index contributed by atoms with van der Waals surface area (Å²) >= 11 is 12.4. The number of hydrogen-bond acceptors (Lipinski definition) is 4. The fraction of sp³-hybridized carbons (Fsp3) is 0.429. The van der Waals surface area contributed by atoms with E-state index in [0.717, 1.165) is 0 Å². The Morgan fingerprint density at radius 2 is 1.92 bits per heavy atom. The first kappa shape index (κ1) is 26.0. The summed E-state index contributed by atoms with van der Waals surface area (Å²) < 4.78 is 15.7. The zero-order valence-electron chi connectivity index (χ0n) is 21.1. The van der Waals surface area contributed by atoms with Crippen LogP contribution < -0.4 is 16.0 Å². The van der Waals surface area contributed by atoms with Crippen molar-refractivity contribution in [2.24, 2.45) is 5.41 Å². The Bertz CT molecular complexity index is 1340. The average Bonchev–Trinajstić information content (AvgIpc) is 3.23. The van der Waals surface area contributed by atoms with Gasteiger partial charge in [-0.05, 0) is 55.4 Å². The Hall–Kier alpha value is -2.61. The lowest BCUT2D eigenvalue weighted by Gasteiger charge is -2.41. The van der Waals surface area contributed by atoms with E-state index in [1.165, 1.54) is 6.07 Å². The lowest BCUT2D eigenvalue weighted by Crippen LogP contribution is -2.54. The van der Waals surface area contributed by atoms with Crippen molar-refractivity contribution in [2.75, 3.05) is 5.32 Å². The first-order valence-corrected chi connectivity index (χ1v) is 13.1. The molecule has 5 rings (SSSR count). The maximum atomic E-state index is 15.7. The summed E-state index contributed by atoms with van der Waals surface area (Å²) in [5.41, 5.74) is -0.893. The van der Waals surface area contributed by atoms with Gasteiger partial charge in [-0.1, -0.05) is 62.2 Å². The van der Waals surface area contributed by atoms with E-state index in [0.29, 0.717) is 35.5 Å². The number of amides is 2. The van der Waals surface area contributed by atoms with Gasteiger partial charge in [0.15, 0.2) is 0 Å². The molecule has 37 heavy (non-hydrogen) atoms. The minimum Gasteiger partial charge on any atom is -0.390 e. The summed E-state index contributed by atoms with van der Waals surface area (Å²) in [7, 11) is 0. The van der Waals surface area contributed by atoms with Gasteiger partial charge in [-0.3, -0.25) is 9.59 Å². The Balaban J connectivity index is 1.75. The standard InChI is InChI=1S/C28H30Cl2FN3O3/c1-26(2,3)13-20-28(17-9-8-14(29)10-19(17)33-25(28)36)21(16-6-5-7-18(30)22(16)31)23(34-20)24(35)32-15-11-27(4,37)12-15/h5-10,15,20,34,37H,11-13H2,1-4H3,(H,32,35)(H,33,36)/t15-,20-,27+,28+/m1/s1. The molecule has 6 nitrogen and oxygen atoms in total. The molecule has 1 saturated carbocycles. The minimum atomic E-state index is -1.41. The number of rotatable bonds is 4. The number of anilines is 1. The summed E-state index contributed by atoms with van der Waals surface area (Å²) in [6.45, 7) is 7.86. The molecule has 2 atom stereocenters. The van der Waals surface area contributed by atoms with Crippen LogP contribution >= 0.6 is 23.2 Å². The first-order valence-electron chi connectivity index (χ1n) is 12.3. The van der Waals surface area contributed by atoms with E-state index in [9.17, 15) is 14.7 Å². The third kappa shape index (κ3) is 4.31. The number of hydrogen-bond donors (Lipinski definition) is 4. The van der Waals surface area contributed by atoms with Crippen LogP contribution in [0.1, 0.15) is 58.1 Å². The third-order valence-corrected chi connectivity index (χ3v) is 8.00. The van der Waals surface area contributed by atoms with E-state index < -0.39 is 28.8 Å². The highest BCUT2D eigenvalue weighted by Gasteiger charge is 2.61. The van der Waals surface area contributed by atoms with Gasteiger partial charge in [0.05, 0.1) is 10.6 Å². The molecular formula is C28H30Cl2FN3O3. The molecule has 3 aliphatic rings. The monoisotopic (exact) mass is 545 g/mol. The second kappa shape index (κ2) is 8.72. The highest BCUT2D eigenvalue weighted by molar-refractivity contribution is 6.32. The number of carbonyl (C=O) groups is 2. The Morgan fingerprint density at radius 3 is 2.57 bits per heavy atom. The molecule has 0 bridgehead atoms. The number of carbonyl (C=O) groups excluding carboxylic acids is 2. The van der Waals surface area contributed by atoms with Gasteiger partial charge in [0.1, 0.15) is 16.9 Å². The van der Waals surface area contributed by atoms with E-state index in [-0.39, 0.29) is 39.2 Å². The van der Waals surface area contributed by atoms with Crippen LogP contribution in [0.3, 0.4) is 0 Å². The molecule has 0 unspecified atom stereocenters. The first-order chi connectivity index (χ1) is 17.2. The molecule has 4 N–H and O–H groups in total. The van der Waals surface area contributed by atoms with Gasteiger partial charge < -0.3 is 21.1 Å². The van der Waals surface area contributed by atoms with Crippen molar-refractivity contribution in [1.82, 2.24) is 10.6 Å². The minimum absolute atomic E-state index is 0.0834. The van der Waals surface area contributed by atoms with Crippen molar-refractivity contribution in [3.05, 3.63) is 69.1 Å². The number of fused-ring (bicyclic) bond motifs is 2. The van der Waals surface area contributed by atoms with E-state index in [2.05, 4.69) is 16.0 Å². The molecule has 2 aliphatic heterocycles. The summed E-state index contributed by atoms with van der Waals surface area (Å²) in [6, 6.07) is 8.90. The van der Waals surface area contributed by atoms with Crippen LogP contribution in [-0.4, -0.2) is 34.6 Å². The molecule has 2 aromatic rings. The number of halogens is 3. The van der Waals surface area contributed by atoms with Gasteiger partial charge in [-0.25, -0.2) is 4.39 Å². The molecule has 2 heterocycles. The molecule has 0 saturated heterocycles. The SMILES string of the molecule is CC(C)(C)C[C@H]1NC(C(=O)N[C@H]2C[C@@](C)(O)C2)=C(c2cccc(Cl)c2F)[C@@]12C(=O)Nc1cc(Cl)ccc12. The quantitative estimate of drug-likeness (QED) is 0.426. The summed E-state index contributed by atoms with van der Waals surface area (Å²) in [5.74, 6) is -1.53. The largest absolute Gasteiger partial charge is 0.390 e. The Labute approximate surface area is 225 Å². The number of benzene rings is 2. The zero-order chi connectivity index (χ0) is 26.9. The molecule has 2 amide bonds. The van der Waals surface area contributed by atoms with Crippen molar-refractivity contribution >= 4 is 46.3 Å². The maximum absolute atomic E-state index is 15.7. The van der Waals surface area contributed by atoms with E-state index in [1.54, 1.807) is 37.3 Å². The summed E-state index contributed by atoms with van der Waals surface area (Å²) in [6.07, 6.45) is 1.32. The second-order valence-electron chi connectivity index (χ2n) is 11.8. The van der Waals surface area contributed by atoms with Gasteiger partial charge in [-0.15, -0.1) is 0 Å². The third-order valence-electron chi connectivity index (χ3n) is 7.47. The maximum Gasteiger partial charge on any atom is 0.267 e. The molecular weight excluding hydrogens is 516 g/mol. The van der Waals surface area contributed by atoms with Crippen LogP contribution in [0.2, 0.25) is 10.0 Å².